The first-order valence-electron chi connectivity index (χ1n) is 5.90. The average molecular weight is 248 g/mol. The van der Waals surface area contributed by atoms with Crippen molar-refractivity contribution in [3.8, 4) is 0 Å². The van der Waals surface area contributed by atoms with Gasteiger partial charge in [0.25, 0.3) is 0 Å². The zero-order valence-electron chi connectivity index (χ0n) is 10.3. The minimum atomic E-state index is -0.445. The van der Waals surface area contributed by atoms with Crippen LogP contribution in [0.2, 0.25) is 0 Å². The zero-order chi connectivity index (χ0) is 13.1. The number of amides is 2. The Labute approximate surface area is 105 Å². The highest BCUT2D eigenvalue weighted by molar-refractivity contribution is 6.35. The second-order valence-electron chi connectivity index (χ2n) is 4.20. The molecule has 0 aliphatic carbocycles. The van der Waals surface area contributed by atoms with Crippen molar-refractivity contribution in [2.75, 3.05) is 25.4 Å². The van der Waals surface area contributed by atoms with E-state index in [1.807, 2.05) is 13.0 Å². The van der Waals surface area contributed by atoms with Gasteiger partial charge in [-0.15, -0.1) is 0 Å². The first-order chi connectivity index (χ1) is 8.61. The molecule has 6 nitrogen and oxygen atoms in total. The van der Waals surface area contributed by atoms with Gasteiger partial charge in [0.2, 0.25) is 0 Å². The van der Waals surface area contributed by atoms with Crippen LogP contribution in [0.5, 0.6) is 0 Å². The Hall–Kier alpha value is -2.11. The molecule has 0 aromatic carbocycles. The van der Waals surface area contributed by atoms with Crippen LogP contribution in [0.25, 0.3) is 0 Å². The Balaban J connectivity index is 2.04. The number of nitrogens with two attached hydrogens (primary N) is 1. The molecule has 1 aromatic heterocycles. The first kappa shape index (κ1) is 12.3. The van der Waals surface area contributed by atoms with E-state index in [4.69, 9.17) is 5.73 Å². The van der Waals surface area contributed by atoms with Crippen molar-refractivity contribution in [1.82, 2.24) is 14.8 Å². The van der Waals surface area contributed by atoms with Crippen LogP contribution >= 0.6 is 0 Å². The van der Waals surface area contributed by atoms with E-state index < -0.39 is 11.8 Å². The lowest BCUT2D eigenvalue weighted by molar-refractivity contribution is -0.156. The zero-order valence-corrected chi connectivity index (χ0v) is 10.3. The topological polar surface area (TPSA) is 79.5 Å². The highest BCUT2D eigenvalue weighted by Gasteiger charge is 2.31. The molecular weight excluding hydrogens is 232 g/mol. The Kier molecular flexibility index (Phi) is 3.45. The maximum atomic E-state index is 11.9. The van der Waals surface area contributed by atoms with E-state index in [1.54, 1.807) is 22.1 Å². The molecule has 96 valence electrons. The molecule has 0 spiro atoms. The summed E-state index contributed by atoms with van der Waals surface area (Å²) in [5.41, 5.74) is 6.36. The lowest BCUT2D eigenvalue weighted by Crippen LogP contribution is -2.53. The number of pyridine rings is 1. The number of nitrogen functional groups attached to an aromatic ring is 1. The summed E-state index contributed by atoms with van der Waals surface area (Å²) < 4.78 is 0. The maximum absolute atomic E-state index is 11.9. The molecular formula is C12H16N4O2. The van der Waals surface area contributed by atoms with E-state index in [-0.39, 0.29) is 0 Å². The SMILES string of the molecule is CCN1CCN(Cc2ccc(N)nc2)C(=O)C1=O. The molecule has 2 N–H and O–H groups in total. The van der Waals surface area contributed by atoms with E-state index in [0.717, 1.165) is 5.56 Å². The number of hydrogen-bond acceptors (Lipinski definition) is 4. The molecule has 2 heterocycles. The Morgan fingerprint density at radius 1 is 1.22 bits per heavy atom. The summed E-state index contributed by atoms with van der Waals surface area (Å²) in [5, 5.41) is 0. The first-order valence-corrected chi connectivity index (χ1v) is 5.90. The fraction of sp³-hybridized carbons (Fsp3) is 0.417. The van der Waals surface area contributed by atoms with Gasteiger partial charge in [0.05, 0.1) is 0 Å². The van der Waals surface area contributed by atoms with Gasteiger partial charge in [0.1, 0.15) is 5.82 Å². The van der Waals surface area contributed by atoms with Crippen molar-refractivity contribution < 1.29 is 9.59 Å². The average Bonchev–Trinajstić information content (AvgIpc) is 2.38. The van der Waals surface area contributed by atoms with Crippen LogP contribution in [0.1, 0.15) is 12.5 Å². The van der Waals surface area contributed by atoms with Gasteiger partial charge in [0, 0.05) is 32.4 Å². The molecule has 0 saturated carbocycles. The summed E-state index contributed by atoms with van der Waals surface area (Å²) in [6, 6.07) is 3.50. The third-order valence-corrected chi connectivity index (χ3v) is 3.00. The molecule has 0 bridgehead atoms. The van der Waals surface area contributed by atoms with Gasteiger partial charge in [-0.25, -0.2) is 4.98 Å². The summed E-state index contributed by atoms with van der Waals surface area (Å²) in [6.45, 7) is 3.98. The summed E-state index contributed by atoms with van der Waals surface area (Å²) in [6.07, 6.45) is 1.62. The number of hydrogen-bond donors (Lipinski definition) is 1. The molecule has 18 heavy (non-hydrogen) atoms. The standard InChI is InChI=1S/C12H16N4O2/c1-2-15-5-6-16(12(18)11(15)17)8-9-3-4-10(13)14-7-9/h3-4,7H,2,5-6,8H2,1H3,(H2,13,14). The molecule has 1 aromatic rings. The number of likely N-dealkylation sites (N-methyl/N-ethyl adjacent to an activating group) is 1. The van der Waals surface area contributed by atoms with Crippen molar-refractivity contribution in [2.45, 2.75) is 13.5 Å². The van der Waals surface area contributed by atoms with Gasteiger partial charge >= 0.3 is 11.8 Å². The molecule has 1 saturated heterocycles. The quantitative estimate of drug-likeness (QED) is 0.755. The molecule has 6 heteroatoms. The lowest BCUT2D eigenvalue weighted by atomic mass is 10.2. The normalized spacial score (nSPS) is 16.3. The molecule has 1 fully saturated rings. The van der Waals surface area contributed by atoms with Crippen molar-refractivity contribution in [3.63, 3.8) is 0 Å². The van der Waals surface area contributed by atoms with Gasteiger partial charge < -0.3 is 15.5 Å². The van der Waals surface area contributed by atoms with Crippen molar-refractivity contribution in [1.29, 1.82) is 0 Å². The molecule has 2 amide bonds. The predicted molar refractivity (Wildman–Crippen MR) is 66.3 cm³/mol. The Bertz CT molecular complexity index is 458. The van der Waals surface area contributed by atoms with Crippen molar-refractivity contribution in [3.05, 3.63) is 23.9 Å². The van der Waals surface area contributed by atoms with Crippen LogP contribution in [0.4, 0.5) is 5.82 Å². The van der Waals surface area contributed by atoms with E-state index in [2.05, 4.69) is 4.98 Å². The highest BCUT2D eigenvalue weighted by atomic mass is 16.2. The minimum Gasteiger partial charge on any atom is -0.384 e. The number of piperazine rings is 1. The largest absolute Gasteiger partial charge is 0.384 e. The molecule has 0 atom stereocenters. The Morgan fingerprint density at radius 3 is 2.50 bits per heavy atom. The number of carbonyl (C=O) groups excluding carboxylic acids is 2. The highest BCUT2D eigenvalue weighted by Crippen LogP contribution is 2.10. The number of rotatable bonds is 3. The predicted octanol–water partition coefficient (Wildman–Crippen LogP) is -0.146. The Morgan fingerprint density at radius 2 is 1.89 bits per heavy atom. The van der Waals surface area contributed by atoms with Gasteiger partial charge in [-0.05, 0) is 18.6 Å². The monoisotopic (exact) mass is 248 g/mol. The third kappa shape index (κ3) is 2.42. The van der Waals surface area contributed by atoms with Gasteiger partial charge in [0.15, 0.2) is 0 Å². The van der Waals surface area contributed by atoms with Crippen LogP contribution in [-0.2, 0) is 16.1 Å². The van der Waals surface area contributed by atoms with E-state index in [0.29, 0.717) is 32.0 Å². The second kappa shape index (κ2) is 5.03. The maximum Gasteiger partial charge on any atom is 0.312 e. The fourth-order valence-electron chi connectivity index (χ4n) is 1.92. The van der Waals surface area contributed by atoms with Crippen LogP contribution in [0, 0.1) is 0 Å². The summed E-state index contributed by atoms with van der Waals surface area (Å²) in [7, 11) is 0. The van der Waals surface area contributed by atoms with Crippen molar-refractivity contribution >= 4 is 17.6 Å². The third-order valence-electron chi connectivity index (χ3n) is 3.00. The molecule has 1 aliphatic heterocycles. The van der Waals surface area contributed by atoms with E-state index in [9.17, 15) is 9.59 Å². The fourth-order valence-corrected chi connectivity index (χ4v) is 1.92. The summed E-state index contributed by atoms with van der Waals surface area (Å²) >= 11 is 0. The number of anilines is 1. The van der Waals surface area contributed by atoms with Gasteiger partial charge in [-0.1, -0.05) is 6.07 Å². The summed E-state index contributed by atoms with van der Waals surface area (Å²) in [4.78, 5) is 30.6. The molecule has 0 unspecified atom stereocenters. The number of carbonyl (C=O) groups is 2. The smallest absolute Gasteiger partial charge is 0.312 e. The number of aromatic nitrogens is 1. The molecule has 0 radical (unpaired) electrons. The van der Waals surface area contributed by atoms with Crippen LogP contribution in [0.15, 0.2) is 18.3 Å². The van der Waals surface area contributed by atoms with Gasteiger partial charge in [-0.2, -0.15) is 0 Å². The minimum absolute atomic E-state index is 0.398. The summed E-state index contributed by atoms with van der Waals surface area (Å²) in [5.74, 6) is -0.427. The van der Waals surface area contributed by atoms with Crippen LogP contribution in [-0.4, -0.2) is 46.2 Å². The lowest BCUT2D eigenvalue weighted by Gasteiger charge is -2.33. The second-order valence-corrected chi connectivity index (χ2v) is 4.20. The van der Waals surface area contributed by atoms with E-state index in [1.165, 1.54) is 0 Å². The van der Waals surface area contributed by atoms with Crippen molar-refractivity contribution in [2.24, 2.45) is 0 Å². The van der Waals surface area contributed by atoms with E-state index >= 15 is 0 Å². The van der Waals surface area contributed by atoms with Gasteiger partial charge in [-0.3, -0.25) is 9.59 Å². The van der Waals surface area contributed by atoms with Crippen LogP contribution < -0.4 is 5.73 Å². The van der Waals surface area contributed by atoms with Crippen LogP contribution in [0.3, 0.4) is 0 Å². The molecule has 2 rings (SSSR count). The number of nitrogens with zero attached hydrogens (tertiary/aromatic N) is 3. The molecule has 1 aliphatic rings.